The van der Waals surface area contributed by atoms with Crippen LogP contribution in [0.4, 0.5) is 0 Å². The van der Waals surface area contributed by atoms with Gasteiger partial charge in [-0.25, -0.2) is 0 Å². The maximum Gasteiger partial charge on any atom is 0.306 e. The van der Waals surface area contributed by atoms with Crippen LogP contribution in [0.1, 0.15) is 168 Å². The lowest BCUT2D eigenvalue weighted by Crippen LogP contribution is -2.61. The molecule has 0 aromatic carbocycles. The summed E-state index contributed by atoms with van der Waals surface area (Å²) in [4.78, 5) is 26.2. The molecule has 1 rings (SSSR count). The van der Waals surface area contributed by atoms with Crippen LogP contribution >= 0.6 is 0 Å². The van der Waals surface area contributed by atoms with Gasteiger partial charge in [0.1, 0.15) is 24.4 Å². The molecule has 1 amide bonds. The Hall–Kier alpha value is -3.16. The minimum absolute atomic E-state index is 0.0224. The van der Waals surface area contributed by atoms with Gasteiger partial charge in [-0.15, -0.1) is 0 Å². The minimum Gasteiger partial charge on any atom is -0.454 e. The summed E-state index contributed by atoms with van der Waals surface area (Å²) in [7, 11) is 0. The van der Waals surface area contributed by atoms with Gasteiger partial charge in [-0.05, 0) is 57.8 Å². The third-order valence-electron chi connectivity index (χ3n) is 10.9. The monoisotopic (exact) mass is 886 g/mol. The topological polar surface area (TPSA) is 175 Å². The molecule has 1 aliphatic rings. The SMILES string of the molecule is CC/C=C/C=C/C=C\C=C/C=C/CCCC(=O)OC1C(OCC(NC(=O)C(O)CCCCCC/C=C\CCCC)C(O)/C=C/CCCCCCCCCCC)OC(CO)C(O)C1O. The molecular weight excluding hydrogens is 799 g/mol. The second-order valence-corrected chi connectivity index (χ2v) is 16.6. The van der Waals surface area contributed by atoms with Crippen molar-refractivity contribution in [1.29, 1.82) is 0 Å². The highest BCUT2D eigenvalue weighted by Crippen LogP contribution is 2.26. The van der Waals surface area contributed by atoms with Crippen LogP contribution in [0.15, 0.2) is 85.1 Å². The van der Waals surface area contributed by atoms with E-state index in [1.807, 2.05) is 60.8 Å². The first-order valence-electron chi connectivity index (χ1n) is 24.4. The van der Waals surface area contributed by atoms with E-state index in [2.05, 4.69) is 44.3 Å². The van der Waals surface area contributed by atoms with Crippen molar-refractivity contribution < 1.29 is 49.3 Å². The van der Waals surface area contributed by atoms with Crippen molar-refractivity contribution in [2.24, 2.45) is 0 Å². The molecule has 0 spiro atoms. The maximum atomic E-state index is 13.2. The summed E-state index contributed by atoms with van der Waals surface area (Å²) < 4.78 is 17.4. The Kier molecular flexibility index (Phi) is 37.1. The molecule has 6 N–H and O–H groups in total. The fraction of sp³-hybridized carbons (Fsp3) is 0.692. The number of rotatable bonds is 38. The molecule has 0 aromatic rings. The molecule has 0 aliphatic carbocycles. The van der Waals surface area contributed by atoms with E-state index in [-0.39, 0.29) is 19.4 Å². The first-order chi connectivity index (χ1) is 30.7. The van der Waals surface area contributed by atoms with E-state index in [9.17, 15) is 35.1 Å². The highest BCUT2D eigenvalue weighted by atomic mass is 16.7. The molecule has 0 saturated carbocycles. The van der Waals surface area contributed by atoms with Crippen LogP contribution < -0.4 is 5.32 Å². The fourth-order valence-electron chi connectivity index (χ4n) is 6.95. The number of esters is 1. The average Bonchev–Trinajstić information content (AvgIpc) is 3.28. The highest BCUT2D eigenvalue weighted by Gasteiger charge is 2.47. The number of carbonyl (C=O) groups excluding carboxylic acids is 2. The summed E-state index contributed by atoms with van der Waals surface area (Å²) >= 11 is 0. The van der Waals surface area contributed by atoms with Crippen molar-refractivity contribution >= 4 is 11.9 Å². The Morgan fingerprint density at radius 2 is 1.17 bits per heavy atom. The largest absolute Gasteiger partial charge is 0.454 e. The van der Waals surface area contributed by atoms with E-state index >= 15 is 0 Å². The number of unbranched alkanes of at least 4 members (excludes halogenated alkanes) is 16. The van der Waals surface area contributed by atoms with Gasteiger partial charge < -0.3 is 45.1 Å². The van der Waals surface area contributed by atoms with Gasteiger partial charge in [0.2, 0.25) is 5.91 Å². The van der Waals surface area contributed by atoms with Gasteiger partial charge in [0, 0.05) is 6.42 Å². The molecule has 1 heterocycles. The first-order valence-corrected chi connectivity index (χ1v) is 24.4. The predicted molar refractivity (Wildman–Crippen MR) is 255 cm³/mol. The van der Waals surface area contributed by atoms with E-state index in [1.165, 1.54) is 51.4 Å². The maximum absolute atomic E-state index is 13.2. The Bertz CT molecular complexity index is 1340. The van der Waals surface area contributed by atoms with Crippen LogP contribution in [-0.4, -0.2) is 99.6 Å². The van der Waals surface area contributed by atoms with Crippen molar-refractivity contribution in [3.8, 4) is 0 Å². The molecule has 360 valence electrons. The number of carbonyl (C=O) groups is 2. The second-order valence-electron chi connectivity index (χ2n) is 16.6. The highest BCUT2D eigenvalue weighted by molar-refractivity contribution is 5.80. The number of aliphatic hydroxyl groups is 5. The summed E-state index contributed by atoms with van der Waals surface area (Å²) in [5.41, 5.74) is 0. The lowest BCUT2D eigenvalue weighted by Gasteiger charge is -2.41. The van der Waals surface area contributed by atoms with Crippen molar-refractivity contribution in [2.75, 3.05) is 13.2 Å². The number of hydrogen-bond acceptors (Lipinski definition) is 10. The molecule has 1 saturated heterocycles. The second kappa shape index (κ2) is 40.4. The zero-order chi connectivity index (χ0) is 46.2. The quantitative estimate of drug-likeness (QED) is 0.0152. The lowest BCUT2D eigenvalue weighted by atomic mass is 9.99. The van der Waals surface area contributed by atoms with Crippen molar-refractivity contribution in [2.45, 2.75) is 217 Å². The first kappa shape index (κ1) is 57.9. The van der Waals surface area contributed by atoms with Crippen LogP contribution in [0, 0.1) is 0 Å². The third kappa shape index (κ3) is 29.8. The van der Waals surface area contributed by atoms with Gasteiger partial charge in [0.25, 0.3) is 0 Å². The number of allylic oxidation sites excluding steroid dienone is 13. The Morgan fingerprint density at radius 3 is 1.79 bits per heavy atom. The summed E-state index contributed by atoms with van der Waals surface area (Å²) in [5, 5.41) is 56.3. The van der Waals surface area contributed by atoms with E-state index < -0.39 is 67.4 Å². The molecule has 11 heteroatoms. The normalized spacial score (nSPS) is 21.3. The predicted octanol–water partition coefficient (Wildman–Crippen LogP) is 9.49. The molecule has 8 unspecified atom stereocenters. The smallest absolute Gasteiger partial charge is 0.306 e. The lowest BCUT2D eigenvalue weighted by molar-refractivity contribution is -0.305. The van der Waals surface area contributed by atoms with Crippen molar-refractivity contribution in [3.05, 3.63) is 85.1 Å². The standard InChI is InChI=1S/C52H87NO10/c1-4-7-10-13-16-19-22-23-25-28-31-34-37-40-47(57)63-50-49(59)48(58)46(41-54)62-52(50)61-42-43(44(55)38-35-32-29-27-24-20-17-14-11-8-5-2)53-51(60)45(56)39-36-33-30-26-21-18-15-12-9-6-3/h7,10,13,15-16,18-19,22-23,25,28,31,35,38,43-46,48-50,52,54-56,58-59H,4-6,8-9,11-12,14,17,20-21,24,26-27,29-30,32-34,36-37,39-42H2,1-3H3,(H,53,60)/b10-7+,16-13+,18-15-,22-19-,25-23-,31-28+,38-35+. The molecule has 11 nitrogen and oxygen atoms in total. The van der Waals surface area contributed by atoms with E-state index in [0.29, 0.717) is 19.3 Å². The number of hydrogen-bond donors (Lipinski definition) is 6. The van der Waals surface area contributed by atoms with Crippen LogP contribution in [0.3, 0.4) is 0 Å². The van der Waals surface area contributed by atoms with Crippen molar-refractivity contribution in [1.82, 2.24) is 5.32 Å². The van der Waals surface area contributed by atoms with Gasteiger partial charge >= 0.3 is 5.97 Å². The zero-order valence-corrected chi connectivity index (χ0v) is 39.2. The number of aliphatic hydroxyl groups excluding tert-OH is 5. The molecule has 8 atom stereocenters. The summed E-state index contributed by atoms with van der Waals surface area (Å²) in [6, 6.07) is -1.04. The number of nitrogens with one attached hydrogen (secondary N) is 1. The summed E-state index contributed by atoms with van der Waals surface area (Å²) in [6.45, 7) is 5.48. The van der Waals surface area contributed by atoms with E-state index in [0.717, 1.165) is 64.2 Å². The zero-order valence-electron chi connectivity index (χ0n) is 39.2. The van der Waals surface area contributed by atoms with Crippen molar-refractivity contribution in [3.63, 3.8) is 0 Å². The molecule has 0 radical (unpaired) electrons. The third-order valence-corrected chi connectivity index (χ3v) is 10.9. The Morgan fingerprint density at radius 1 is 0.635 bits per heavy atom. The molecule has 63 heavy (non-hydrogen) atoms. The molecule has 0 aromatic heterocycles. The summed E-state index contributed by atoms with van der Waals surface area (Å²) in [5.74, 6) is -1.30. The molecule has 1 aliphatic heterocycles. The van der Waals surface area contributed by atoms with Gasteiger partial charge in [0.05, 0.1) is 25.4 Å². The van der Waals surface area contributed by atoms with Crippen LogP contribution in [-0.2, 0) is 23.8 Å². The minimum atomic E-state index is -1.64. The number of amides is 1. The Balaban J connectivity index is 2.87. The fourth-order valence-corrected chi connectivity index (χ4v) is 6.95. The summed E-state index contributed by atoms with van der Waals surface area (Å²) in [6.07, 6.45) is 39.5. The van der Waals surface area contributed by atoms with Gasteiger partial charge in [-0.1, -0.05) is 189 Å². The van der Waals surface area contributed by atoms with Gasteiger partial charge in [-0.3, -0.25) is 9.59 Å². The Labute approximate surface area is 381 Å². The van der Waals surface area contributed by atoms with Gasteiger partial charge in [-0.2, -0.15) is 0 Å². The molecular formula is C52H87NO10. The van der Waals surface area contributed by atoms with E-state index in [4.69, 9.17) is 14.2 Å². The molecule has 0 bridgehead atoms. The van der Waals surface area contributed by atoms with Crippen LogP contribution in [0.5, 0.6) is 0 Å². The average molecular weight is 886 g/mol. The number of ether oxygens (including phenoxy) is 3. The van der Waals surface area contributed by atoms with Gasteiger partial charge in [0.15, 0.2) is 12.4 Å². The molecule has 1 fully saturated rings. The van der Waals surface area contributed by atoms with E-state index in [1.54, 1.807) is 6.08 Å². The van der Waals surface area contributed by atoms with Crippen LogP contribution in [0.2, 0.25) is 0 Å². The van der Waals surface area contributed by atoms with Crippen LogP contribution in [0.25, 0.3) is 0 Å².